The van der Waals surface area contributed by atoms with Crippen molar-refractivity contribution < 1.29 is 9.18 Å². The van der Waals surface area contributed by atoms with Crippen molar-refractivity contribution in [2.24, 2.45) is 0 Å². The van der Waals surface area contributed by atoms with E-state index >= 15 is 0 Å². The molecule has 0 saturated heterocycles. The van der Waals surface area contributed by atoms with Crippen molar-refractivity contribution in [3.8, 4) is 0 Å². The van der Waals surface area contributed by atoms with Crippen molar-refractivity contribution in [2.45, 2.75) is 26.4 Å². The van der Waals surface area contributed by atoms with E-state index in [1.165, 1.54) is 10.7 Å². The minimum absolute atomic E-state index is 0.173. The van der Waals surface area contributed by atoms with Crippen LogP contribution in [-0.2, 0) is 17.9 Å². The molecular formula is C17H16Cl2FN5O. The summed E-state index contributed by atoms with van der Waals surface area (Å²) < 4.78 is 17.0. The van der Waals surface area contributed by atoms with Gasteiger partial charge in [-0.15, -0.1) is 0 Å². The van der Waals surface area contributed by atoms with Gasteiger partial charge in [-0.05, 0) is 19.1 Å². The van der Waals surface area contributed by atoms with Crippen LogP contribution in [0.3, 0.4) is 0 Å². The molecule has 1 amide bonds. The molecule has 0 radical (unpaired) electrons. The van der Waals surface area contributed by atoms with Crippen LogP contribution in [-0.4, -0.2) is 25.5 Å². The molecule has 0 bridgehead atoms. The summed E-state index contributed by atoms with van der Waals surface area (Å²) in [5.41, 5.74) is 1.07. The van der Waals surface area contributed by atoms with Gasteiger partial charge in [-0.3, -0.25) is 14.2 Å². The van der Waals surface area contributed by atoms with Crippen LogP contribution >= 0.6 is 23.2 Å². The number of amides is 1. The van der Waals surface area contributed by atoms with Gasteiger partial charge >= 0.3 is 0 Å². The molecule has 1 N–H and O–H groups in total. The van der Waals surface area contributed by atoms with Gasteiger partial charge in [-0.2, -0.15) is 10.2 Å². The van der Waals surface area contributed by atoms with E-state index < -0.39 is 5.82 Å². The summed E-state index contributed by atoms with van der Waals surface area (Å²) in [5.74, 6) is -0.215. The summed E-state index contributed by atoms with van der Waals surface area (Å²) in [6.07, 6.45) is 3.55. The first-order valence-corrected chi connectivity index (χ1v) is 8.63. The topological polar surface area (TPSA) is 64.7 Å². The number of benzene rings is 1. The number of anilines is 1. The maximum Gasteiger partial charge on any atom is 0.227 e. The van der Waals surface area contributed by atoms with Crippen molar-refractivity contribution in [2.75, 3.05) is 5.32 Å². The quantitative estimate of drug-likeness (QED) is 0.687. The molecule has 136 valence electrons. The molecule has 0 spiro atoms. The second-order valence-corrected chi connectivity index (χ2v) is 6.54. The van der Waals surface area contributed by atoms with Crippen molar-refractivity contribution in [1.82, 2.24) is 19.6 Å². The number of carbonyl (C=O) groups is 1. The maximum atomic E-state index is 13.8. The van der Waals surface area contributed by atoms with Gasteiger partial charge in [0.25, 0.3) is 0 Å². The van der Waals surface area contributed by atoms with Crippen molar-refractivity contribution in [3.63, 3.8) is 0 Å². The molecular weight excluding hydrogens is 380 g/mol. The van der Waals surface area contributed by atoms with Gasteiger partial charge in [0.1, 0.15) is 5.82 Å². The predicted octanol–water partition coefficient (Wildman–Crippen LogP) is 3.91. The van der Waals surface area contributed by atoms with Crippen LogP contribution in [0.25, 0.3) is 0 Å². The van der Waals surface area contributed by atoms with E-state index in [0.717, 1.165) is 5.69 Å². The minimum Gasteiger partial charge on any atom is -0.309 e. The maximum absolute atomic E-state index is 13.8. The third-order valence-electron chi connectivity index (χ3n) is 3.74. The van der Waals surface area contributed by atoms with Crippen LogP contribution in [0.5, 0.6) is 0 Å². The Morgan fingerprint density at radius 1 is 1.19 bits per heavy atom. The molecule has 2 aromatic heterocycles. The van der Waals surface area contributed by atoms with Gasteiger partial charge in [0.05, 0.1) is 17.3 Å². The molecule has 3 rings (SSSR count). The SMILES string of the molecule is Cc1nn(CCC(=O)Nc2ccn(Cc3c(F)cccc3Cl)n2)cc1Cl. The average molecular weight is 396 g/mol. The number of carbonyl (C=O) groups excluding carboxylic acids is 1. The molecule has 26 heavy (non-hydrogen) atoms. The van der Waals surface area contributed by atoms with Gasteiger partial charge in [-0.25, -0.2) is 4.39 Å². The molecule has 0 aliphatic heterocycles. The normalized spacial score (nSPS) is 10.9. The fourth-order valence-electron chi connectivity index (χ4n) is 2.39. The molecule has 1 aromatic carbocycles. The molecule has 3 aromatic rings. The lowest BCUT2D eigenvalue weighted by molar-refractivity contribution is -0.116. The molecule has 0 fully saturated rings. The van der Waals surface area contributed by atoms with Crippen LogP contribution < -0.4 is 5.32 Å². The number of hydrogen-bond donors (Lipinski definition) is 1. The number of hydrogen-bond acceptors (Lipinski definition) is 3. The standard InChI is InChI=1S/C17H16Cl2FN5O/c1-11-14(19)10-25(22-11)8-6-17(26)21-16-5-7-24(23-16)9-12-13(18)3-2-4-15(12)20/h2-5,7,10H,6,8-9H2,1H3,(H,21,23,26). The Morgan fingerprint density at radius 3 is 2.69 bits per heavy atom. The summed E-state index contributed by atoms with van der Waals surface area (Å²) in [4.78, 5) is 12.0. The van der Waals surface area contributed by atoms with Crippen LogP contribution in [0.4, 0.5) is 10.2 Å². The Bertz CT molecular complexity index is 897. The van der Waals surface area contributed by atoms with Gasteiger partial charge in [-0.1, -0.05) is 29.3 Å². The number of aryl methyl sites for hydroxylation is 2. The van der Waals surface area contributed by atoms with Crippen molar-refractivity contribution >= 4 is 34.9 Å². The van der Waals surface area contributed by atoms with E-state index in [0.29, 0.717) is 28.0 Å². The van der Waals surface area contributed by atoms with Crippen LogP contribution in [0.15, 0.2) is 36.7 Å². The first kappa shape index (κ1) is 18.4. The fourth-order valence-corrected chi connectivity index (χ4v) is 2.76. The average Bonchev–Trinajstić information content (AvgIpc) is 3.16. The third-order valence-corrected chi connectivity index (χ3v) is 4.47. The van der Waals surface area contributed by atoms with E-state index in [2.05, 4.69) is 15.5 Å². The van der Waals surface area contributed by atoms with Gasteiger partial charge < -0.3 is 5.32 Å². The first-order valence-electron chi connectivity index (χ1n) is 7.88. The minimum atomic E-state index is -0.397. The van der Waals surface area contributed by atoms with Crippen molar-refractivity contribution in [3.05, 3.63) is 63.8 Å². The van der Waals surface area contributed by atoms with E-state index in [1.54, 1.807) is 42.2 Å². The zero-order valence-electron chi connectivity index (χ0n) is 13.9. The summed E-state index contributed by atoms with van der Waals surface area (Å²) in [7, 11) is 0. The molecule has 0 aliphatic carbocycles. The van der Waals surface area contributed by atoms with E-state index in [4.69, 9.17) is 23.2 Å². The number of halogens is 3. The molecule has 9 heteroatoms. The van der Waals surface area contributed by atoms with Gasteiger partial charge in [0, 0.05) is 42.0 Å². The summed E-state index contributed by atoms with van der Waals surface area (Å²) in [5, 5.41) is 12.0. The Hall–Kier alpha value is -2.38. The summed E-state index contributed by atoms with van der Waals surface area (Å²) >= 11 is 11.9. The smallest absolute Gasteiger partial charge is 0.227 e. The van der Waals surface area contributed by atoms with Crippen molar-refractivity contribution in [1.29, 1.82) is 0 Å². The van der Waals surface area contributed by atoms with Crippen LogP contribution in [0, 0.1) is 12.7 Å². The van der Waals surface area contributed by atoms with E-state index in [1.807, 2.05) is 0 Å². The Labute approximate surface area is 159 Å². The first-order chi connectivity index (χ1) is 12.4. The van der Waals surface area contributed by atoms with E-state index in [-0.39, 0.29) is 18.9 Å². The van der Waals surface area contributed by atoms with Crippen LogP contribution in [0.2, 0.25) is 10.0 Å². The molecule has 0 saturated carbocycles. The highest BCUT2D eigenvalue weighted by Crippen LogP contribution is 2.20. The lowest BCUT2D eigenvalue weighted by atomic mass is 10.2. The Kier molecular flexibility index (Phi) is 5.58. The molecule has 0 unspecified atom stereocenters. The van der Waals surface area contributed by atoms with Gasteiger partial charge in [0.2, 0.25) is 5.91 Å². The highest BCUT2D eigenvalue weighted by Gasteiger charge is 2.10. The number of aromatic nitrogens is 4. The Morgan fingerprint density at radius 2 is 2.00 bits per heavy atom. The molecule has 6 nitrogen and oxygen atoms in total. The molecule has 2 heterocycles. The van der Waals surface area contributed by atoms with E-state index in [9.17, 15) is 9.18 Å². The Balaban J connectivity index is 1.57. The van der Waals surface area contributed by atoms with Gasteiger partial charge in [0.15, 0.2) is 5.82 Å². The third kappa shape index (κ3) is 4.42. The second-order valence-electron chi connectivity index (χ2n) is 5.72. The number of rotatable bonds is 6. The largest absolute Gasteiger partial charge is 0.309 e. The molecule has 0 atom stereocenters. The lowest BCUT2D eigenvalue weighted by Gasteiger charge is -2.06. The highest BCUT2D eigenvalue weighted by molar-refractivity contribution is 6.31. The highest BCUT2D eigenvalue weighted by atomic mass is 35.5. The molecule has 0 aliphatic rings. The van der Waals surface area contributed by atoms with Crippen LogP contribution in [0.1, 0.15) is 17.7 Å². The zero-order valence-corrected chi connectivity index (χ0v) is 15.4. The summed E-state index contributed by atoms with van der Waals surface area (Å²) in [6.45, 7) is 2.38. The summed E-state index contributed by atoms with van der Waals surface area (Å²) in [6, 6.07) is 6.15. The zero-order chi connectivity index (χ0) is 18.7. The second kappa shape index (κ2) is 7.88. The predicted molar refractivity (Wildman–Crippen MR) is 98.0 cm³/mol. The number of nitrogens with zero attached hydrogens (tertiary/aromatic N) is 4. The lowest BCUT2D eigenvalue weighted by Crippen LogP contribution is -2.15. The number of nitrogens with one attached hydrogen (secondary N) is 1. The fraction of sp³-hybridized carbons (Fsp3) is 0.235. The monoisotopic (exact) mass is 395 g/mol.